The average Bonchev–Trinajstić information content (AvgIpc) is 3.22. The molecule has 0 saturated carbocycles. The van der Waals surface area contributed by atoms with Gasteiger partial charge in [-0.05, 0) is 48.1 Å². The van der Waals surface area contributed by atoms with Crippen LogP contribution in [-0.2, 0) is 19.5 Å². The van der Waals surface area contributed by atoms with E-state index in [1.807, 2.05) is 18.4 Å². The molecule has 1 N–H and O–H groups in total. The highest BCUT2D eigenvalue weighted by molar-refractivity contribution is 7.07. The fourth-order valence-corrected chi connectivity index (χ4v) is 4.55. The van der Waals surface area contributed by atoms with Crippen LogP contribution in [0.3, 0.4) is 0 Å². The summed E-state index contributed by atoms with van der Waals surface area (Å²) >= 11 is 1.76. The molecule has 7 heteroatoms. The topological polar surface area (TPSA) is 63.1 Å². The number of carbonyl (C=O) groups is 1. The number of likely N-dealkylation sites (tertiary alicyclic amines) is 1. The molecule has 2 aromatic rings. The number of hydrogen-bond donors (Lipinski definition) is 1. The van der Waals surface area contributed by atoms with Crippen LogP contribution in [0.1, 0.15) is 35.9 Å². The predicted molar refractivity (Wildman–Crippen MR) is 92.9 cm³/mol. The Hall–Kier alpha value is -1.73. The van der Waals surface area contributed by atoms with E-state index < -0.39 is 0 Å². The smallest absolute Gasteiger partial charge is 0.289 e. The Morgan fingerprint density at radius 1 is 1.33 bits per heavy atom. The summed E-state index contributed by atoms with van der Waals surface area (Å²) in [6.45, 7) is 8.00. The second-order valence-corrected chi connectivity index (χ2v) is 8.01. The molecule has 128 valence electrons. The molecule has 2 aliphatic rings. The highest BCUT2D eigenvalue weighted by Gasteiger charge is 2.39. The Labute approximate surface area is 145 Å². The van der Waals surface area contributed by atoms with Crippen LogP contribution < -0.4 is 5.32 Å². The maximum atomic E-state index is 12.3. The Bertz CT molecular complexity index is 723. The normalized spacial score (nSPS) is 23.3. The van der Waals surface area contributed by atoms with Crippen molar-refractivity contribution in [2.45, 2.75) is 39.4 Å². The first-order chi connectivity index (χ1) is 11.6. The first-order valence-electron chi connectivity index (χ1n) is 8.56. The van der Waals surface area contributed by atoms with Crippen molar-refractivity contribution in [3.63, 3.8) is 0 Å². The quantitative estimate of drug-likeness (QED) is 0.917. The van der Waals surface area contributed by atoms with E-state index in [4.69, 9.17) is 0 Å². The van der Waals surface area contributed by atoms with Crippen molar-refractivity contribution >= 4 is 17.2 Å². The van der Waals surface area contributed by atoms with Crippen molar-refractivity contribution in [3.8, 4) is 0 Å². The van der Waals surface area contributed by atoms with Gasteiger partial charge in [0.15, 0.2) is 0 Å². The summed E-state index contributed by atoms with van der Waals surface area (Å²) in [4.78, 5) is 14.8. The van der Waals surface area contributed by atoms with E-state index in [0.29, 0.717) is 17.7 Å². The zero-order chi connectivity index (χ0) is 16.7. The summed E-state index contributed by atoms with van der Waals surface area (Å²) in [5.41, 5.74) is 1.40. The molecular formula is C17H23N5OS. The summed E-state index contributed by atoms with van der Waals surface area (Å²) < 4.78 is 2.03. The molecule has 0 radical (unpaired) electrons. The lowest BCUT2D eigenvalue weighted by atomic mass is 9.89. The SMILES string of the molecule is CC(C)NC(=O)c1nnc2n1C[C@@H]1CN(Cc3ccsc3)C[C@@H]1C2. The van der Waals surface area contributed by atoms with Crippen molar-refractivity contribution in [3.05, 3.63) is 34.0 Å². The molecule has 2 aromatic heterocycles. The van der Waals surface area contributed by atoms with Crippen LogP contribution in [0.15, 0.2) is 16.8 Å². The van der Waals surface area contributed by atoms with Crippen molar-refractivity contribution < 1.29 is 4.79 Å². The molecule has 1 fully saturated rings. The first kappa shape index (κ1) is 15.8. The van der Waals surface area contributed by atoms with Gasteiger partial charge in [0, 0.05) is 38.6 Å². The zero-order valence-corrected chi connectivity index (χ0v) is 14.9. The van der Waals surface area contributed by atoms with E-state index in [0.717, 1.165) is 38.4 Å². The van der Waals surface area contributed by atoms with Gasteiger partial charge in [-0.25, -0.2) is 0 Å². The highest BCUT2D eigenvalue weighted by Crippen LogP contribution is 2.33. The van der Waals surface area contributed by atoms with E-state index in [9.17, 15) is 4.79 Å². The highest BCUT2D eigenvalue weighted by atomic mass is 32.1. The maximum absolute atomic E-state index is 12.3. The summed E-state index contributed by atoms with van der Waals surface area (Å²) in [5, 5.41) is 15.7. The summed E-state index contributed by atoms with van der Waals surface area (Å²) in [7, 11) is 0. The Morgan fingerprint density at radius 3 is 2.92 bits per heavy atom. The lowest BCUT2D eigenvalue weighted by Crippen LogP contribution is -2.35. The zero-order valence-electron chi connectivity index (χ0n) is 14.1. The van der Waals surface area contributed by atoms with E-state index in [1.165, 1.54) is 5.56 Å². The lowest BCUT2D eigenvalue weighted by molar-refractivity contribution is 0.0924. The minimum Gasteiger partial charge on any atom is -0.347 e. The first-order valence-corrected chi connectivity index (χ1v) is 9.51. The van der Waals surface area contributed by atoms with Crippen LogP contribution in [0.4, 0.5) is 0 Å². The maximum Gasteiger partial charge on any atom is 0.289 e. The third-order valence-electron chi connectivity index (χ3n) is 4.95. The van der Waals surface area contributed by atoms with Crippen LogP contribution in [0.5, 0.6) is 0 Å². The van der Waals surface area contributed by atoms with Gasteiger partial charge in [-0.1, -0.05) is 0 Å². The molecule has 24 heavy (non-hydrogen) atoms. The Morgan fingerprint density at radius 2 is 2.17 bits per heavy atom. The Kier molecular flexibility index (Phi) is 4.14. The number of rotatable bonds is 4. The molecule has 1 saturated heterocycles. The average molecular weight is 345 g/mol. The number of hydrogen-bond acceptors (Lipinski definition) is 5. The van der Waals surface area contributed by atoms with Crippen LogP contribution in [0.2, 0.25) is 0 Å². The minimum atomic E-state index is -0.115. The molecule has 0 aliphatic carbocycles. The second-order valence-electron chi connectivity index (χ2n) is 7.23. The minimum absolute atomic E-state index is 0.106. The molecule has 0 unspecified atom stereocenters. The van der Waals surface area contributed by atoms with Gasteiger partial charge in [0.1, 0.15) is 5.82 Å². The van der Waals surface area contributed by atoms with Gasteiger partial charge in [-0.2, -0.15) is 11.3 Å². The Balaban J connectivity index is 1.46. The van der Waals surface area contributed by atoms with Gasteiger partial charge in [-0.3, -0.25) is 9.69 Å². The second kappa shape index (κ2) is 6.29. The number of nitrogens with zero attached hydrogens (tertiary/aromatic N) is 4. The monoisotopic (exact) mass is 345 g/mol. The number of carbonyl (C=O) groups excluding carboxylic acids is 1. The molecular weight excluding hydrogens is 322 g/mol. The van der Waals surface area contributed by atoms with Crippen LogP contribution in [0.25, 0.3) is 0 Å². The van der Waals surface area contributed by atoms with E-state index >= 15 is 0 Å². The largest absolute Gasteiger partial charge is 0.347 e. The molecule has 0 bridgehead atoms. The van der Waals surface area contributed by atoms with E-state index in [2.05, 4.69) is 37.2 Å². The fraction of sp³-hybridized carbons (Fsp3) is 0.588. The van der Waals surface area contributed by atoms with Gasteiger partial charge >= 0.3 is 0 Å². The molecule has 0 aromatic carbocycles. The molecule has 1 amide bonds. The van der Waals surface area contributed by atoms with Gasteiger partial charge in [-0.15, -0.1) is 10.2 Å². The van der Waals surface area contributed by atoms with Crippen molar-refractivity contribution in [2.75, 3.05) is 13.1 Å². The number of amides is 1. The molecule has 4 heterocycles. The molecule has 2 atom stereocenters. The number of aromatic nitrogens is 3. The van der Waals surface area contributed by atoms with E-state index in [1.54, 1.807) is 11.3 Å². The number of fused-ring (bicyclic) bond motifs is 2. The van der Waals surface area contributed by atoms with Crippen LogP contribution in [-0.4, -0.2) is 44.7 Å². The van der Waals surface area contributed by atoms with Gasteiger partial charge in [0.2, 0.25) is 5.82 Å². The van der Waals surface area contributed by atoms with Gasteiger partial charge in [0.25, 0.3) is 5.91 Å². The molecule has 0 spiro atoms. The third kappa shape index (κ3) is 2.98. The standard InChI is InChI=1S/C17H23N5OS/c1-11(2)18-17(23)16-20-19-15-5-13-7-21(6-12-3-4-24-10-12)8-14(13)9-22(15)16/h3-4,10-11,13-14H,5-9H2,1-2H3,(H,18,23)/t13-,14-/m0/s1. The molecule has 4 rings (SSSR count). The number of thiophene rings is 1. The van der Waals surface area contributed by atoms with E-state index in [-0.39, 0.29) is 11.9 Å². The van der Waals surface area contributed by atoms with Gasteiger partial charge < -0.3 is 9.88 Å². The summed E-state index contributed by atoms with van der Waals surface area (Å²) in [6, 6.07) is 2.31. The molecule has 2 aliphatic heterocycles. The number of nitrogens with one attached hydrogen (secondary N) is 1. The lowest BCUT2D eigenvalue weighted by Gasteiger charge is -2.25. The van der Waals surface area contributed by atoms with Gasteiger partial charge in [0.05, 0.1) is 0 Å². The molecule has 6 nitrogen and oxygen atoms in total. The van der Waals surface area contributed by atoms with Crippen molar-refractivity contribution in [2.24, 2.45) is 11.8 Å². The van der Waals surface area contributed by atoms with Crippen molar-refractivity contribution in [1.29, 1.82) is 0 Å². The predicted octanol–water partition coefficient (Wildman–Crippen LogP) is 1.78. The van der Waals surface area contributed by atoms with Crippen molar-refractivity contribution in [1.82, 2.24) is 25.0 Å². The third-order valence-corrected chi connectivity index (χ3v) is 5.68. The van der Waals surface area contributed by atoms with Crippen LogP contribution >= 0.6 is 11.3 Å². The summed E-state index contributed by atoms with van der Waals surface area (Å²) in [6.07, 6.45) is 0.923. The fourth-order valence-electron chi connectivity index (χ4n) is 3.89. The summed E-state index contributed by atoms with van der Waals surface area (Å²) in [5.74, 6) is 2.52. The van der Waals surface area contributed by atoms with Crippen LogP contribution in [0, 0.1) is 11.8 Å².